The van der Waals surface area contributed by atoms with Gasteiger partial charge in [-0.25, -0.2) is 23.1 Å². The van der Waals surface area contributed by atoms with Gasteiger partial charge in [0.2, 0.25) is 10.0 Å². The van der Waals surface area contributed by atoms with E-state index in [0.717, 1.165) is 37.4 Å². The van der Waals surface area contributed by atoms with Gasteiger partial charge in [-0.2, -0.15) is 0 Å². The molecule has 142 valence electrons. The van der Waals surface area contributed by atoms with Crippen molar-refractivity contribution in [2.45, 2.75) is 37.6 Å². The maximum absolute atomic E-state index is 12.7. The Morgan fingerprint density at radius 3 is 2.74 bits per heavy atom. The van der Waals surface area contributed by atoms with Gasteiger partial charge in [0.25, 0.3) is 5.71 Å². The third kappa shape index (κ3) is 3.65. The minimum Gasteiger partial charge on any atom is -0.356 e. The quantitative estimate of drug-likeness (QED) is 0.732. The van der Waals surface area contributed by atoms with Crippen molar-refractivity contribution in [2.75, 3.05) is 18.0 Å². The molecule has 0 aliphatic carbocycles. The van der Waals surface area contributed by atoms with Gasteiger partial charge in [-0.1, -0.05) is 11.2 Å². The topological polar surface area (TPSA) is 101 Å². The molecule has 4 heterocycles. The van der Waals surface area contributed by atoms with Gasteiger partial charge >= 0.3 is 0 Å². The van der Waals surface area contributed by atoms with Gasteiger partial charge in [-0.3, -0.25) is 0 Å². The van der Waals surface area contributed by atoms with E-state index in [-0.39, 0.29) is 10.9 Å². The van der Waals surface area contributed by atoms with E-state index < -0.39 is 10.0 Å². The minimum atomic E-state index is -3.65. The average Bonchev–Trinajstić information content (AvgIpc) is 3.03. The number of nitrogens with one attached hydrogen (secondary N) is 1. The molecular formula is C18H21N5O3S. The third-order valence-corrected chi connectivity index (χ3v) is 6.30. The van der Waals surface area contributed by atoms with Gasteiger partial charge < -0.3 is 9.42 Å². The molecule has 0 radical (unpaired) electrons. The van der Waals surface area contributed by atoms with E-state index in [2.05, 4.69) is 24.7 Å². The van der Waals surface area contributed by atoms with Crippen LogP contribution in [0.1, 0.15) is 24.2 Å². The summed E-state index contributed by atoms with van der Waals surface area (Å²) in [6.45, 7) is 5.23. The molecule has 0 aromatic carbocycles. The zero-order valence-corrected chi connectivity index (χ0v) is 16.0. The molecule has 1 saturated heterocycles. The van der Waals surface area contributed by atoms with Gasteiger partial charge in [0.1, 0.15) is 10.7 Å². The standard InChI is InChI=1S/C18H21N5O3S/c1-12-4-3-5-17(20-12)23-8-6-14(7-9-23)22-27(24,25)15-10-16-13(2)21-26-18(16)19-11-15/h3-5,10-11,14,22H,6-9H2,1-2H3. The Bertz CT molecular complexity index is 1070. The van der Waals surface area contributed by atoms with Crippen molar-refractivity contribution in [3.63, 3.8) is 0 Å². The lowest BCUT2D eigenvalue weighted by Crippen LogP contribution is -2.44. The lowest BCUT2D eigenvalue weighted by atomic mass is 10.1. The van der Waals surface area contributed by atoms with Crippen LogP contribution in [-0.4, -0.2) is 42.7 Å². The molecule has 0 bridgehead atoms. The summed E-state index contributed by atoms with van der Waals surface area (Å²) in [7, 11) is -3.65. The average molecular weight is 387 g/mol. The first-order valence-corrected chi connectivity index (χ1v) is 10.3. The van der Waals surface area contributed by atoms with Crippen LogP contribution in [0.4, 0.5) is 5.82 Å². The summed E-state index contributed by atoms with van der Waals surface area (Å²) in [5.74, 6) is 0.939. The lowest BCUT2D eigenvalue weighted by molar-refractivity contribution is 0.442. The number of rotatable bonds is 4. The van der Waals surface area contributed by atoms with Crippen LogP contribution in [0.15, 0.2) is 39.9 Å². The van der Waals surface area contributed by atoms with E-state index in [9.17, 15) is 8.42 Å². The molecule has 3 aromatic heterocycles. The molecule has 1 N–H and O–H groups in total. The molecule has 8 nitrogen and oxygen atoms in total. The number of anilines is 1. The first kappa shape index (κ1) is 17.9. The fourth-order valence-electron chi connectivity index (χ4n) is 3.29. The molecule has 9 heteroatoms. The smallest absolute Gasteiger partial charge is 0.257 e. The largest absolute Gasteiger partial charge is 0.356 e. The van der Waals surface area contributed by atoms with Crippen molar-refractivity contribution < 1.29 is 12.9 Å². The Morgan fingerprint density at radius 2 is 2.00 bits per heavy atom. The first-order valence-electron chi connectivity index (χ1n) is 8.85. The van der Waals surface area contributed by atoms with E-state index in [1.807, 2.05) is 25.1 Å². The number of piperidine rings is 1. The molecule has 1 fully saturated rings. The number of hydrogen-bond donors (Lipinski definition) is 1. The Labute approximate surface area is 157 Å². The van der Waals surface area contributed by atoms with Gasteiger partial charge in [0, 0.05) is 24.8 Å². The second-order valence-corrected chi connectivity index (χ2v) is 8.53. The molecule has 4 rings (SSSR count). The summed E-state index contributed by atoms with van der Waals surface area (Å²) >= 11 is 0. The lowest BCUT2D eigenvalue weighted by Gasteiger charge is -2.33. The monoisotopic (exact) mass is 387 g/mol. The molecule has 3 aromatic rings. The summed E-state index contributed by atoms with van der Waals surface area (Å²) in [6.07, 6.45) is 2.74. The van der Waals surface area contributed by atoms with Gasteiger partial charge in [-0.15, -0.1) is 0 Å². The zero-order valence-electron chi connectivity index (χ0n) is 15.2. The molecule has 27 heavy (non-hydrogen) atoms. The highest BCUT2D eigenvalue weighted by Gasteiger charge is 2.26. The first-order chi connectivity index (χ1) is 12.9. The summed E-state index contributed by atoms with van der Waals surface area (Å²) in [6, 6.07) is 7.38. The fraction of sp³-hybridized carbons (Fsp3) is 0.389. The molecular weight excluding hydrogens is 366 g/mol. The Balaban J connectivity index is 1.45. The van der Waals surface area contributed by atoms with Crippen LogP contribution < -0.4 is 9.62 Å². The number of sulfonamides is 1. The van der Waals surface area contributed by atoms with E-state index in [1.165, 1.54) is 6.20 Å². The predicted molar refractivity (Wildman–Crippen MR) is 101 cm³/mol. The number of pyridine rings is 2. The van der Waals surface area contributed by atoms with Crippen LogP contribution in [-0.2, 0) is 10.0 Å². The molecule has 1 aliphatic rings. The van der Waals surface area contributed by atoms with Crippen LogP contribution >= 0.6 is 0 Å². The van der Waals surface area contributed by atoms with Crippen molar-refractivity contribution in [3.8, 4) is 0 Å². The maximum atomic E-state index is 12.7. The normalized spacial score (nSPS) is 16.1. The maximum Gasteiger partial charge on any atom is 0.257 e. The SMILES string of the molecule is Cc1cccc(N2CCC(NS(=O)(=O)c3cnc4onc(C)c4c3)CC2)n1. The molecule has 0 unspecified atom stereocenters. The second kappa shape index (κ2) is 6.90. The van der Waals surface area contributed by atoms with Crippen molar-refractivity contribution in [1.82, 2.24) is 19.8 Å². The van der Waals surface area contributed by atoms with E-state index in [1.54, 1.807) is 13.0 Å². The van der Waals surface area contributed by atoms with E-state index in [4.69, 9.17) is 4.52 Å². The molecule has 0 saturated carbocycles. The highest BCUT2D eigenvalue weighted by atomic mass is 32.2. The second-order valence-electron chi connectivity index (χ2n) is 6.81. The zero-order chi connectivity index (χ0) is 19.0. The summed E-state index contributed by atoms with van der Waals surface area (Å²) in [4.78, 5) is 10.9. The highest BCUT2D eigenvalue weighted by molar-refractivity contribution is 7.89. The van der Waals surface area contributed by atoms with Crippen LogP contribution in [0.3, 0.4) is 0 Å². The Hall–Kier alpha value is -2.52. The van der Waals surface area contributed by atoms with Gasteiger partial charge in [-0.05, 0) is 44.9 Å². The number of hydrogen-bond acceptors (Lipinski definition) is 7. The summed E-state index contributed by atoms with van der Waals surface area (Å²) < 4.78 is 33.3. The van der Waals surface area contributed by atoms with Crippen LogP contribution in [0, 0.1) is 13.8 Å². The number of fused-ring (bicyclic) bond motifs is 1. The van der Waals surface area contributed by atoms with Gasteiger partial charge in [0.15, 0.2) is 0 Å². The minimum absolute atomic E-state index is 0.115. The molecule has 0 atom stereocenters. The van der Waals surface area contributed by atoms with Gasteiger partial charge in [0.05, 0.1) is 17.3 Å². The highest BCUT2D eigenvalue weighted by Crippen LogP contribution is 2.22. The van der Waals surface area contributed by atoms with Crippen LogP contribution in [0.2, 0.25) is 0 Å². The Morgan fingerprint density at radius 1 is 1.22 bits per heavy atom. The summed E-state index contributed by atoms with van der Waals surface area (Å²) in [5, 5.41) is 4.42. The van der Waals surface area contributed by atoms with Crippen molar-refractivity contribution >= 4 is 26.9 Å². The fourth-order valence-corrected chi connectivity index (χ4v) is 4.57. The number of nitrogens with zero attached hydrogens (tertiary/aromatic N) is 4. The van der Waals surface area contributed by atoms with Crippen molar-refractivity contribution in [1.29, 1.82) is 0 Å². The van der Waals surface area contributed by atoms with E-state index >= 15 is 0 Å². The number of aryl methyl sites for hydroxylation is 2. The molecule has 0 amide bonds. The summed E-state index contributed by atoms with van der Waals surface area (Å²) in [5.41, 5.74) is 1.93. The molecule has 0 spiro atoms. The Kier molecular flexibility index (Phi) is 4.56. The predicted octanol–water partition coefficient (Wildman–Crippen LogP) is 2.18. The van der Waals surface area contributed by atoms with Crippen LogP contribution in [0.25, 0.3) is 11.1 Å². The number of aromatic nitrogens is 3. The molecule has 1 aliphatic heterocycles. The van der Waals surface area contributed by atoms with E-state index in [0.29, 0.717) is 16.8 Å². The van der Waals surface area contributed by atoms with Crippen molar-refractivity contribution in [3.05, 3.63) is 41.9 Å². The van der Waals surface area contributed by atoms with Crippen molar-refractivity contribution in [2.24, 2.45) is 0 Å². The van der Waals surface area contributed by atoms with Crippen LogP contribution in [0.5, 0.6) is 0 Å². The third-order valence-electron chi connectivity index (χ3n) is 4.81.